The Morgan fingerprint density at radius 2 is 1.77 bits per heavy atom. The molecule has 6 rings (SSSR count). The SMILES string of the molecule is COCCOc1nc(Nc2ccc(CN3CCN(C)CC3)cc2)nc2[nH]cc(-c3ccc(OCc4cccnc4)cc3F)c12. The number of nitrogens with zero attached hydrogens (tertiary/aromatic N) is 5. The minimum atomic E-state index is -0.434. The minimum Gasteiger partial charge on any atom is -0.489 e. The molecule has 3 aromatic heterocycles. The second-order valence-electron chi connectivity index (χ2n) is 10.8. The number of likely N-dealkylation sites (N-methyl/N-ethyl adjacent to an activating group) is 1. The Kier molecular flexibility index (Phi) is 9.25. The highest BCUT2D eigenvalue weighted by atomic mass is 19.1. The Morgan fingerprint density at radius 3 is 2.52 bits per heavy atom. The summed E-state index contributed by atoms with van der Waals surface area (Å²) in [6.45, 7) is 6.19. The van der Waals surface area contributed by atoms with Gasteiger partial charge in [-0.05, 0) is 42.9 Å². The topological polar surface area (TPSA) is 101 Å². The number of aromatic nitrogens is 4. The smallest absolute Gasteiger partial charge is 0.232 e. The molecule has 1 saturated heterocycles. The first-order chi connectivity index (χ1) is 21.6. The van der Waals surface area contributed by atoms with Crippen molar-refractivity contribution in [1.29, 1.82) is 0 Å². The number of nitrogens with one attached hydrogen (secondary N) is 2. The van der Waals surface area contributed by atoms with E-state index in [-0.39, 0.29) is 6.61 Å². The molecule has 0 amide bonds. The first-order valence-electron chi connectivity index (χ1n) is 14.6. The number of hydrogen-bond donors (Lipinski definition) is 2. The molecule has 2 N–H and O–H groups in total. The van der Waals surface area contributed by atoms with E-state index in [0.29, 0.717) is 53.0 Å². The Hall–Kier alpha value is -4.58. The quantitative estimate of drug-likeness (QED) is 0.187. The number of anilines is 2. The van der Waals surface area contributed by atoms with Crippen LogP contribution in [-0.4, -0.2) is 83.3 Å². The van der Waals surface area contributed by atoms with Gasteiger partial charge >= 0.3 is 0 Å². The summed E-state index contributed by atoms with van der Waals surface area (Å²) in [6.07, 6.45) is 5.13. The van der Waals surface area contributed by atoms with E-state index in [1.807, 2.05) is 24.3 Å². The van der Waals surface area contributed by atoms with Gasteiger partial charge in [0.2, 0.25) is 11.8 Å². The molecule has 4 heterocycles. The van der Waals surface area contributed by atoms with Crippen molar-refractivity contribution in [3.8, 4) is 22.8 Å². The fraction of sp³-hybridized carbons (Fsp3) is 0.303. The van der Waals surface area contributed by atoms with Gasteiger partial charge in [-0.1, -0.05) is 18.2 Å². The van der Waals surface area contributed by atoms with Crippen molar-refractivity contribution in [3.05, 3.63) is 90.1 Å². The van der Waals surface area contributed by atoms with Crippen LogP contribution < -0.4 is 14.8 Å². The average Bonchev–Trinajstić information content (AvgIpc) is 3.47. The number of piperazine rings is 1. The Bertz CT molecular complexity index is 1670. The van der Waals surface area contributed by atoms with Crippen LogP contribution in [0.3, 0.4) is 0 Å². The van der Waals surface area contributed by atoms with Crippen LogP contribution in [0.15, 0.2) is 73.2 Å². The van der Waals surface area contributed by atoms with E-state index < -0.39 is 5.82 Å². The van der Waals surface area contributed by atoms with Gasteiger partial charge in [-0.25, -0.2) is 4.39 Å². The molecular formula is C33H36FN7O3. The number of pyridine rings is 1. The molecule has 1 fully saturated rings. The molecule has 228 valence electrons. The van der Waals surface area contributed by atoms with E-state index in [2.05, 4.69) is 54.2 Å². The summed E-state index contributed by atoms with van der Waals surface area (Å²) in [5.41, 5.74) is 4.49. The van der Waals surface area contributed by atoms with Crippen molar-refractivity contribution in [3.63, 3.8) is 0 Å². The summed E-state index contributed by atoms with van der Waals surface area (Å²) in [5.74, 6) is 0.679. The van der Waals surface area contributed by atoms with E-state index in [4.69, 9.17) is 14.2 Å². The molecule has 0 aliphatic carbocycles. The highest BCUT2D eigenvalue weighted by Crippen LogP contribution is 2.37. The number of ether oxygens (including phenoxy) is 3. The van der Waals surface area contributed by atoms with Gasteiger partial charge in [0.1, 0.15) is 30.4 Å². The lowest BCUT2D eigenvalue weighted by Gasteiger charge is -2.32. The fourth-order valence-corrected chi connectivity index (χ4v) is 5.14. The second kappa shape index (κ2) is 13.8. The highest BCUT2D eigenvalue weighted by Gasteiger charge is 2.20. The number of halogens is 1. The summed E-state index contributed by atoms with van der Waals surface area (Å²) in [5, 5.41) is 3.87. The third-order valence-electron chi connectivity index (χ3n) is 7.60. The van der Waals surface area contributed by atoms with Crippen molar-refractivity contribution < 1.29 is 18.6 Å². The van der Waals surface area contributed by atoms with Gasteiger partial charge in [0.25, 0.3) is 0 Å². The standard InChI is InChI=1S/C33H36FN7O3/c1-40-12-14-41(15-13-40)21-23-5-7-25(8-6-23)37-33-38-31-30(32(39-33)43-17-16-42-2)28(20-36-31)27-10-9-26(18-29(27)34)44-22-24-4-3-11-35-19-24/h3-11,18-20H,12-17,21-22H2,1-2H3,(H2,36,37,38,39). The largest absolute Gasteiger partial charge is 0.489 e. The Labute approximate surface area is 255 Å². The Balaban J connectivity index is 1.21. The van der Waals surface area contributed by atoms with Crippen molar-refractivity contribution >= 4 is 22.7 Å². The predicted octanol–water partition coefficient (Wildman–Crippen LogP) is 5.25. The zero-order valence-electron chi connectivity index (χ0n) is 24.9. The second-order valence-corrected chi connectivity index (χ2v) is 10.8. The zero-order chi connectivity index (χ0) is 30.3. The monoisotopic (exact) mass is 597 g/mol. The molecule has 0 bridgehead atoms. The van der Waals surface area contributed by atoms with E-state index >= 15 is 4.39 Å². The van der Waals surface area contributed by atoms with Gasteiger partial charge in [-0.15, -0.1) is 0 Å². The molecule has 0 spiro atoms. The van der Waals surface area contributed by atoms with Gasteiger partial charge in [0, 0.05) is 86.9 Å². The van der Waals surface area contributed by atoms with Crippen LogP contribution in [0.25, 0.3) is 22.2 Å². The van der Waals surface area contributed by atoms with E-state index in [1.54, 1.807) is 37.8 Å². The maximum absolute atomic E-state index is 15.4. The lowest BCUT2D eigenvalue weighted by molar-refractivity contribution is 0.144. The molecule has 44 heavy (non-hydrogen) atoms. The minimum absolute atomic E-state index is 0.275. The van der Waals surface area contributed by atoms with Crippen molar-refractivity contribution in [2.75, 3.05) is 58.9 Å². The Morgan fingerprint density at radius 1 is 0.932 bits per heavy atom. The third-order valence-corrected chi connectivity index (χ3v) is 7.60. The van der Waals surface area contributed by atoms with Gasteiger partial charge in [0.15, 0.2) is 0 Å². The number of rotatable bonds is 12. The molecule has 11 heteroatoms. The molecule has 0 atom stereocenters. The van der Waals surface area contributed by atoms with Gasteiger partial charge in [-0.2, -0.15) is 9.97 Å². The van der Waals surface area contributed by atoms with Crippen LogP contribution in [0, 0.1) is 5.82 Å². The summed E-state index contributed by atoms with van der Waals surface area (Å²) in [4.78, 5) is 21.4. The first kappa shape index (κ1) is 29.5. The lowest BCUT2D eigenvalue weighted by Crippen LogP contribution is -2.43. The van der Waals surface area contributed by atoms with E-state index in [1.165, 1.54) is 11.6 Å². The van der Waals surface area contributed by atoms with Crippen LogP contribution in [0.2, 0.25) is 0 Å². The van der Waals surface area contributed by atoms with Gasteiger partial charge < -0.3 is 29.4 Å². The van der Waals surface area contributed by atoms with Crippen LogP contribution in [0.4, 0.5) is 16.0 Å². The first-order valence-corrected chi connectivity index (χ1v) is 14.6. The number of aromatic amines is 1. The van der Waals surface area contributed by atoms with Crippen LogP contribution >= 0.6 is 0 Å². The van der Waals surface area contributed by atoms with Crippen molar-refractivity contribution in [2.45, 2.75) is 13.2 Å². The molecule has 5 aromatic rings. The molecule has 0 unspecified atom stereocenters. The molecule has 0 radical (unpaired) electrons. The van der Waals surface area contributed by atoms with Crippen LogP contribution in [0.5, 0.6) is 11.6 Å². The molecule has 10 nitrogen and oxygen atoms in total. The summed E-state index contributed by atoms with van der Waals surface area (Å²) in [7, 11) is 3.77. The third kappa shape index (κ3) is 7.13. The number of benzene rings is 2. The lowest BCUT2D eigenvalue weighted by atomic mass is 10.1. The summed E-state index contributed by atoms with van der Waals surface area (Å²) < 4.78 is 32.4. The molecule has 2 aromatic carbocycles. The van der Waals surface area contributed by atoms with Gasteiger partial charge in [-0.3, -0.25) is 9.88 Å². The highest BCUT2D eigenvalue weighted by molar-refractivity contribution is 5.98. The number of hydrogen-bond acceptors (Lipinski definition) is 9. The molecule has 0 saturated carbocycles. The number of methoxy groups -OCH3 is 1. The summed E-state index contributed by atoms with van der Waals surface area (Å²) >= 11 is 0. The zero-order valence-corrected chi connectivity index (χ0v) is 24.9. The molecular weight excluding hydrogens is 561 g/mol. The average molecular weight is 598 g/mol. The van der Waals surface area contributed by atoms with Crippen LogP contribution in [-0.2, 0) is 17.9 Å². The van der Waals surface area contributed by atoms with E-state index in [0.717, 1.165) is 44.0 Å². The number of H-pyrrole nitrogens is 1. The van der Waals surface area contributed by atoms with Crippen molar-refractivity contribution in [2.24, 2.45) is 0 Å². The van der Waals surface area contributed by atoms with E-state index in [9.17, 15) is 0 Å². The van der Waals surface area contributed by atoms with Crippen molar-refractivity contribution in [1.82, 2.24) is 29.7 Å². The predicted molar refractivity (Wildman–Crippen MR) is 168 cm³/mol. The normalized spacial score (nSPS) is 14.2. The maximum Gasteiger partial charge on any atom is 0.232 e. The maximum atomic E-state index is 15.4. The van der Waals surface area contributed by atoms with Gasteiger partial charge in [0.05, 0.1) is 12.0 Å². The molecule has 1 aliphatic rings. The summed E-state index contributed by atoms with van der Waals surface area (Å²) in [6, 6.07) is 16.8. The van der Waals surface area contributed by atoms with Crippen LogP contribution in [0.1, 0.15) is 11.1 Å². The molecule has 1 aliphatic heterocycles. The number of fused-ring (bicyclic) bond motifs is 1. The fourth-order valence-electron chi connectivity index (χ4n) is 5.14.